The normalized spacial score (nSPS) is 17.1. The molecule has 2 N–H and O–H groups in total. The highest BCUT2D eigenvalue weighted by Gasteiger charge is 2.33. The van der Waals surface area contributed by atoms with Gasteiger partial charge < -0.3 is 15.3 Å². The van der Waals surface area contributed by atoms with Crippen LogP contribution in [0.4, 0.5) is 13.2 Å². The Bertz CT molecular complexity index is 660. The van der Waals surface area contributed by atoms with Gasteiger partial charge in [-0.25, -0.2) is 0 Å². The van der Waals surface area contributed by atoms with E-state index in [0.29, 0.717) is 11.1 Å². The first-order valence-electron chi connectivity index (χ1n) is 7.09. The standard InChI is InChI=1S/C15H15F3N2O4/c16-15(17,18)8-19-12(21)5-13(22)20-6-9-3-1-2-4-10(9)11(7-20)14(23)24/h1-4,11H,5-8H2,(H,19,21)(H,23,24). The van der Waals surface area contributed by atoms with Gasteiger partial charge in [-0.3, -0.25) is 14.4 Å². The van der Waals surface area contributed by atoms with E-state index in [-0.39, 0.29) is 13.1 Å². The van der Waals surface area contributed by atoms with Crippen molar-refractivity contribution in [2.24, 2.45) is 0 Å². The number of fused-ring (bicyclic) bond motifs is 1. The zero-order chi connectivity index (χ0) is 17.9. The summed E-state index contributed by atoms with van der Waals surface area (Å²) in [6.07, 6.45) is -5.32. The van der Waals surface area contributed by atoms with Gasteiger partial charge in [0.2, 0.25) is 11.8 Å². The maximum atomic E-state index is 12.1. The molecule has 1 aromatic rings. The summed E-state index contributed by atoms with van der Waals surface area (Å²) in [5, 5.41) is 10.9. The fraction of sp³-hybridized carbons (Fsp3) is 0.400. The number of hydrogen-bond donors (Lipinski definition) is 2. The number of hydrogen-bond acceptors (Lipinski definition) is 3. The molecular weight excluding hydrogens is 329 g/mol. The average molecular weight is 344 g/mol. The Labute approximate surface area is 135 Å². The lowest BCUT2D eigenvalue weighted by atomic mass is 9.89. The molecule has 0 aliphatic carbocycles. The zero-order valence-electron chi connectivity index (χ0n) is 12.5. The largest absolute Gasteiger partial charge is 0.481 e. The molecule has 0 radical (unpaired) electrons. The van der Waals surface area contributed by atoms with E-state index in [9.17, 15) is 32.7 Å². The van der Waals surface area contributed by atoms with E-state index >= 15 is 0 Å². The van der Waals surface area contributed by atoms with Crippen LogP contribution in [0.3, 0.4) is 0 Å². The molecule has 2 amide bonds. The van der Waals surface area contributed by atoms with Crippen LogP contribution in [0.5, 0.6) is 0 Å². The van der Waals surface area contributed by atoms with Crippen LogP contribution in [0.15, 0.2) is 24.3 Å². The van der Waals surface area contributed by atoms with E-state index < -0.39 is 42.8 Å². The van der Waals surface area contributed by atoms with E-state index in [1.807, 2.05) is 0 Å². The number of carboxylic acids is 1. The quantitative estimate of drug-likeness (QED) is 0.806. The minimum Gasteiger partial charge on any atom is -0.481 e. The molecule has 9 heteroatoms. The first kappa shape index (κ1) is 17.8. The maximum Gasteiger partial charge on any atom is 0.405 e. The number of nitrogens with one attached hydrogen (secondary N) is 1. The Hall–Kier alpha value is -2.58. The third kappa shape index (κ3) is 4.46. The number of halogens is 3. The Balaban J connectivity index is 2.03. The third-order valence-corrected chi connectivity index (χ3v) is 3.64. The lowest BCUT2D eigenvalue weighted by Gasteiger charge is -2.32. The van der Waals surface area contributed by atoms with Crippen molar-refractivity contribution in [3.05, 3.63) is 35.4 Å². The Morgan fingerprint density at radius 1 is 1.25 bits per heavy atom. The highest BCUT2D eigenvalue weighted by molar-refractivity contribution is 5.97. The van der Waals surface area contributed by atoms with Crippen LogP contribution in [0.25, 0.3) is 0 Å². The number of benzene rings is 1. The van der Waals surface area contributed by atoms with Crippen LogP contribution < -0.4 is 5.32 Å². The molecule has 1 aromatic carbocycles. The molecule has 1 heterocycles. The van der Waals surface area contributed by atoms with Crippen molar-refractivity contribution in [3.63, 3.8) is 0 Å². The predicted molar refractivity (Wildman–Crippen MR) is 75.9 cm³/mol. The minimum absolute atomic E-state index is 0.116. The van der Waals surface area contributed by atoms with Gasteiger partial charge in [-0.2, -0.15) is 13.2 Å². The zero-order valence-corrected chi connectivity index (χ0v) is 12.5. The highest BCUT2D eigenvalue weighted by Crippen LogP contribution is 2.28. The van der Waals surface area contributed by atoms with Crippen molar-refractivity contribution in [2.45, 2.75) is 25.1 Å². The van der Waals surface area contributed by atoms with Gasteiger partial charge in [0.25, 0.3) is 0 Å². The number of aliphatic carboxylic acids is 1. The van der Waals surface area contributed by atoms with E-state index in [0.717, 1.165) is 0 Å². The minimum atomic E-state index is -4.56. The summed E-state index contributed by atoms with van der Waals surface area (Å²) in [5.41, 5.74) is 1.23. The molecule has 0 saturated heterocycles. The molecule has 130 valence electrons. The van der Waals surface area contributed by atoms with Gasteiger partial charge >= 0.3 is 12.1 Å². The second kappa shape index (κ2) is 6.90. The number of carbonyl (C=O) groups is 3. The third-order valence-electron chi connectivity index (χ3n) is 3.64. The van der Waals surface area contributed by atoms with Crippen LogP contribution in [-0.2, 0) is 20.9 Å². The van der Waals surface area contributed by atoms with Crippen LogP contribution >= 0.6 is 0 Å². The summed E-state index contributed by atoms with van der Waals surface area (Å²) in [5.74, 6) is -3.81. The molecule has 1 aliphatic rings. The van der Waals surface area contributed by atoms with Gasteiger partial charge in [-0.05, 0) is 11.1 Å². The SMILES string of the molecule is O=C(CC(=O)N1Cc2ccccc2C(C(=O)O)C1)NCC(F)(F)F. The molecule has 1 aliphatic heterocycles. The fourth-order valence-electron chi connectivity index (χ4n) is 2.52. The Morgan fingerprint density at radius 2 is 1.92 bits per heavy atom. The number of carboxylic acid groups (broad SMARTS) is 1. The second-order valence-corrected chi connectivity index (χ2v) is 5.43. The molecule has 0 fully saturated rings. The lowest BCUT2D eigenvalue weighted by molar-refractivity contribution is -0.145. The van der Waals surface area contributed by atoms with Crippen molar-refractivity contribution >= 4 is 17.8 Å². The van der Waals surface area contributed by atoms with E-state index in [2.05, 4.69) is 0 Å². The monoisotopic (exact) mass is 344 g/mol. The predicted octanol–water partition coefficient (Wildman–Crippen LogP) is 1.27. The highest BCUT2D eigenvalue weighted by atomic mass is 19.4. The number of amides is 2. The van der Waals surface area contributed by atoms with Crippen molar-refractivity contribution in [2.75, 3.05) is 13.1 Å². The second-order valence-electron chi connectivity index (χ2n) is 5.43. The summed E-state index contributed by atoms with van der Waals surface area (Å²) in [4.78, 5) is 36.1. The number of carbonyl (C=O) groups excluding carboxylic acids is 2. The van der Waals surface area contributed by atoms with Crippen molar-refractivity contribution in [1.29, 1.82) is 0 Å². The summed E-state index contributed by atoms with van der Waals surface area (Å²) < 4.78 is 36.1. The summed E-state index contributed by atoms with van der Waals surface area (Å²) in [6.45, 7) is -1.53. The van der Waals surface area contributed by atoms with Crippen molar-refractivity contribution < 1.29 is 32.7 Å². The Morgan fingerprint density at radius 3 is 2.54 bits per heavy atom. The fourth-order valence-corrected chi connectivity index (χ4v) is 2.52. The topological polar surface area (TPSA) is 86.7 Å². The van der Waals surface area contributed by atoms with Crippen LogP contribution in [0, 0.1) is 0 Å². The number of rotatable bonds is 4. The summed E-state index contributed by atoms with van der Waals surface area (Å²) in [6, 6.07) is 6.72. The summed E-state index contributed by atoms with van der Waals surface area (Å²) in [7, 11) is 0. The molecule has 6 nitrogen and oxygen atoms in total. The number of alkyl halides is 3. The first-order valence-corrected chi connectivity index (χ1v) is 7.09. The Kier molecular flexibility index (Phi) is 5.10. The molecule has 2 rings (SSSR count). The van der Waals surface area contributed by atoms with Gasteiger partial charge in [0.15, 0.2) is 0 Å². The smallest absolute Gasteiger partial charge is 0.405 e. The molecular formula is C15H15F3N2O4. The molecule has 24 heavy (non-hydrogen) atoms. The first-order chi connectivity index (χ1) is 11.2. The van der Waals surface area contributed by atoms with E-state index in [1.54, 1.807) is 29.6 Å². The molecule has 0 aromatic heterocycles. The van der Waals surface area contributed by atoms with Crippen molar-refractivity contribution in [1.82, 2.24) is 10.2 Å². The van der Waals surface area contributed by atoms with Crippen LogP contribution in [-0.4, -0.2) is 47.1 Å². The van der Waals surface area contributed by atoms with E-state index in [4.69, 9.17) is 0 Å². The van der Waals surface area contributed by atoms with Gasteiger partial charge in [-0.15, -0.1) is 0 Å². The van der Waals surface area contributed by atoms with Crippen LogP contribution in [0.2, 0.25) is 0 Å². The van der Waals surface area contributed by atoms with Crippen molar-refractivity contribution in [3.8, 4) is 0 Å². The molecule has 1 atom stereocenters. The van der Waals surface area contributed by atoms with E-state index in [1.165, 1.54) is 4.90 Å². The van der Waals surface area contributed by atoms with Crippen LogP contribution in [0.1, 0.15) is 23.5 Å². The lowest BCUT2D eigenvalue weighted by Crippen LogP contribution is -2.43. The van der Waals surface area contributed by atoms with Gasteiger partial charge in [-0.1, -0.05) is 24.3 Å². The van der Waals surface area contributed by atoms with Gasteiger partial charge in [0, 0.05) is 13.1 Å². The maximum absolute atomic E-state index is 12.1. The summed E-state index contributed by atoms with van der Waals surface area (Å²) >= 11 is 0. The molecule has 0 spiro atoms. The average Bonchev–Trinajstić information content (AvgIpc) is 2.51. The number of nitrogens with zero attached hydrogens (tertiary/aromatic N) is 1. The van der Waals surface area contributed by atoms with Gasteiger partial charge in [0.05, 0.1) is 5.92 Å². The molecule has 1 unspecified atom stereocenters. The van der Waals surface area contributed by atoms with Gasteiger partial charge in [0.1, 0.15) is 13.0 Å². The molecule has 0 bridgehead atoms. The molecule has 0 saturated carbocycles.